The van der Waals surface area contributed by atoms with Crippen LogP contribution in [0.1, 0.15) is 47.9 Å². The fourth-order valence-corrected chi connectivity index (χ4v) is 5.87. The predicted molar refractivity (Wildman–Crippen MR) is 160 cm³/mol. The van der Waals surface area contributed by atoms with Gasteiger partial charge in [0.15, 0.2) is 5.60 Å². The van der Waals surface area contributed by atoms with E-state index in [1.165, 1.54) is 6.07 Å². The van der Waals surface area contributed by atoms with Gasteiger partial charge >= 0.3 is 17.9 Å². The lowest BCUT2D eigenvalue weighted by Crippen LogP contribution is -2.47. The molecule has 2 aliphatic heterocycles. The number of carbonyl (C=O) groups excluding carboxylic acids is 1. The third-order valence-corrected chi connectivity index (χ3v) is 8.31. The third-order valence-electron chi connectivity index (χ3n) is 8.31. The molecule has 2 aromatic rings. The number of rotatable bonds is 13. The third kappa shape index (κ3) is 9.53. The highest BCUT2D eigenvalue weighted by Gasteiger charge is 2.43. The van der Waals surface area contributed by atoms with Gasteiger partial charge in [0, 0.05) is 33.2 Å². The van der Waals surface area contributed by atoms with Crippen LogP contribution in [0.3, 0.4) is 0 Å². The highest BCUT2D eigenvalue weighted by molar-refractivity contribution is 5.88. The number of likely N-dealkylation sites (N-methyl/N-ethyl adjacent to an activating group) is 1. The number of ether oxygens (including phenoxy) is 1. The van der Waals surface area contributed by atoms with Crippen LogP contribution < -0.4 is 0 Å². The number of halogens is 1. The maximum Gasteiger partial charge on any atom is 0.336 e. The standard InChI is InChI=1S/C26H33FN2O4.C6H8O7/c1-28(11-12-30)25(32)22(14-19-3-2-4-20(13-19)17-31)16-29-9-7-26(8-10-29)24-15-23(27)6-5-21(24)18-33-26;7-3(8)1-6(13,5(11)12)2-4(9)10/h2-6,13,15,22,30-31H,7-12,14,16-18H2,1H3;13H,1-2H2,(H,7,8)(H,9,10)(H,11,12). The molecule has 6 N–H and O–H groups in total. The number of benzene rings is 2. The molecule has 2 aromatic carbocycles. The van der Waals surface area contributed by atoms with Crippen LogP contribution in [-0.2, 0) is 49.2 Å². The molecule has 0 aliphatic carbocycles. The van der Waals surface area contributed by atoms with Crippen LogP contribution in [0.5, 0.6) is 0 Å². The summed E-state index contributed by atoms with van der Waals surface area (Å²) in [5.74, 6) is -5.51. The SMILES string of the molecule is CN(CCO)C(=O)C(Cc1cccc(CO)c1)CN1CCC2(CC1)OCc1ccc(F)cc12.O=C(O)CC(O)(CC(=O)O)C(=O)O. The summed E-state index contributed by atoms with van der Waals surface area (Å²) < 4.78 is 20.1. The Morgan fingerprint density at radius 3 is 2.20 bits per heavy atom. The summed E-state index contributed by atoms with van der Waals surface area (Å²) in [5.41, 5.74) is 0.695. The van der Waals surface area contributed by atoms with Crippen molar-refractivity contribution in [3.63, 3.8) is 0 Å². The van der Waals surface area contributed by atoms with Crippen molar-refractivity contribution in [1.29, 1.82) is 0 Å². The second-order valence-electron chi connectivity index (χ2n) is 11.7. The van der Waals surface area contributed by atoms with Gasteiger partial charge in [-0.3, -0.25) is 14.4 Å². The molecule has 4 rings (SSSR count). The summed E-state index contributed by atoms with van der Waals surface area (Å²) in [5, 5.41) is 52.6. The molecule has 1 spiro atoms. The van der Waals surface area contributed by atoms with Crippen LogP contribution in [-0.4, -0.2) is 110 Å². The summed E-state index contributed by atoms with van der Waals surface area (Å²) in [6.07, 6.45) is -0.203. The van der Waals surface area contributed by atoms with Gasteiger partial charge in [0.05, 0.1) is 44.2 Å². The number of amides is 1. The number of fused-ring (bicyclic) bond motifs is 2. The van der Waals surface area contributed by atoms with Gasteiger partial charge in [-0.2, -0.15) is 0 Å². The Balaban J connectivity index is 0.000000376. The van der Waals surface area contributed by atoms with Gasteiger partial charge < -0.3 is 45.2 Å². The molecule has 252 valence electrons. The smallest absolute Gasteiger partial charge is 0.336 e. The van der Waals surface area contributed by atoms with Crippen LogP contribution >= 0.6 is 0 Å². The average molecular weight is 649 g/mol. The van der Waals surface area contributed by atoms with E-state index in [2.05, 4.69) is 4.90 Å². The zero-order chi connectivity index (χ0) is 34.1. The Hall–Kier alpha value is -3.95. The van der Waals surface area contributed by atoms with Crippen molar-refractivity contribution >= 4 is 23.8 Å². The first-order chi connectivity index (χ1) is 21.7. The molecule has 0 bridgehead atoms. The highest BCUT2D eigenvalue weighted by Crippen LogP contribution is 2.44. The zero-order valence-electron chi connectivity index (χ0n) is 25.6. The fourth-order valence-electron chi connectivity index (χ4n) is 5.87. The lowest BCUT2D eigenvalue weighted by molar-refractivity contribution is -0.170. The summed E-state index contributed by atoms with van der Waals surface area (Å²) in [6.45, 7) is 2.83. The number of carboxylic acids is 3. The number of aliphatic hydroxyl groups excluding tert-OH is 2. The summed E-state index contributed by atoms with van der Waals surface area (Å²) >= 11 is 0. The van der Waals surface area contributed by atoms with Gasteiger partial charge in [-0.15, -0.1) is 0 Å². The van der Waals surface area contributed by atoms with E-state index < -0.39 is 42.0 Å². The van der Waals surface area contributed by atoms with Gasteiger partial charge in [0.1, 0.15) is 5.82 Å². The van der Waals surface area contributed by atoms with E-state index in [-0.39, 0.29) is 30.9 Å². The Bertz CT molecular complexity index is 1380. The molecule has 46 heavy (non-hydrogen) atoms. The minimum Gasteiger partial charge on any atom is -0.481 e. The monoisotopic (exact) mass is 648 g/mol. The molecule has 1 fully saturated rings. The molecule has 2 heterocycles. The Morgan fingerprint density at radius 2 is 1.63 bits per heavy atom. The second kappa shape index (κ2) is 16.1. The summed E-state index contributed by atoms with van der Waals surface area (Å²) in [7, 11) is 1.72. The Kier molecular flexibility index (Phi) is 12.7. The molecule has 14 heteroatoms. The molecule has 1 amide bonds. The molecular weight excluding hydrogens is 607 g/mol. The number of nitrogens with zero attached hydrogens (tertiary/aromatic N) is 2. The highest BCUT2D eigenvalue weighted by atomic mass is 19.1. The van der Waals surface area contributed by atoms with Gasteiger partial charge in [-0.1, -0.05) is 30.3 Å². The molecule has 2 aliphatic rings. The summed E-state index contributed by atoms with van der Waals surface area (Å²) in [6, 6.07) is 12.6. The number of carbonyl (C=O) groups is 4. The quantitative estimate of drug-likeness (QED) is 0.181. The van der Waals surface area contributed by atoms with E-state index in [9.17, 15) is 33.8 Å². The second-order valence-corrected chi connectivity index (χ2v) is 11.7. The summed E-state index contributed by atoms with van der Waals surface area (Å²) in [4.78, 5) is 47.6. The van der Waals surface area contributed by atoms with E-state index in [0.717, 1.165) is 48.2 Å². The normalized spacial score (nSPS) is 16.2. The van der Waals surface area contributed by atoms with Crippen molar-refractivity contribution in [2.24, 2.45) is 5.92 Å². The molecule has 1 atom stereocenters. The first-order valence-electron chi connectivity index (χ1n) is 14.8. The van der Waals surface area contributed by atoms with Crippen LogP contribution in [0, 0.1) is 11.7 Å². The van der Waals surface area contributed by atoms with Gasteiger partial charge in [-0.05, 0) is 53.6 Å². The minimum atomic E-state index is -2.74. The fraction of sp³-hybridized carbons (Fsp3) is 0.500. The molecule has 1 unspecified atom stereocenters. The molecule has 0 radical (unpaired) electrons. The molecule has 0 saturated carbocycles. The van der Waals surface area contributed by atoms with Crippen molar-refractivity contribution in [3.8, 4) is 0 Å². The van der Waals surface area contributed by atoms with Crippen LogP contribution in [0.15, 0.2) is 42.5 Å². The van der Waals surface area contributed by atoms with E-state index in [1.807, 2.05) is 30.3 Å². The lowest BCUT2D eigenvalue weighted by Gasteiger charge is -2.40. The number of aliphatic hydroxyl groups is 3. The lowest BCUT2D eigenvalue weighted by atomic mass is 9.83. The molecule has 1 saturated heterocycles. The zero-order valence-corrected chi connectivity index (χ0v) is 25.6. The Morgan fingerprint density at radius 1 is 1.00 bits per heavy atom. The van der Waals surface area contributed by atoms with Crippen molar-refractivity contribution in [1.82, 2.24) is 9.80 Å². The average Bonchev–Trinajstić information content (AvgIpc) is 3.34. The maximum atomic E-state index is 13.9. The van der Waals surface area contributed by atoms with Gasteiger partial charge in [-0.25, -0.2) is 9.18 Å². The molecule has 0 aromatic heterocycles. The first-order valence-corrected chi connectivity index (χ1v) is 14.8. The number of likely N-dealkylation sites (tertiary alicyclic amines) is 1. The van der Waals surface area contributed by atoms with Crippen LogP contribution in [0.4, 0.5) is 4.39 Å². The van der Waals surface area contributed by atoms with Crippen molar-refractivity contribution in [2.75, 3.05) is 39.8 Å². The van der Waals surface area contributed by atoms with Crippen LogP contribution in [0.2, 0.25) is 0 Å². The first kappa shape index (κ1) is 36.5. The van der Waals surface area contributed by atoms with Crippen molar-refractivity contribution in [3.05, 3.63) is 70.5 Å². The number of piperidine rings is 1. The maximum absolute atomic E-state index is 13.9. The topological polar surface area (TPSA) is 205 Å². The van der Waals surface area contributed by atoms with E-state index in [1.54, 1.807) is 18.0 Å². The van der Waals surface area contributed by atoms with Crippen molar-refractivity contribution < 1.29 is 58.9 Å². The number of carboxylic acid groups (broad SMARTS) is 3. The minimum absolute atomic E-state index is 0.00303. The van der Waals surface area contributed by atoms with E-state index in [4.69, 9.17) is 25.2 Å². The van der Waals surface area contributed by atoms with Gasteiger partial charge in [0.2, 0.25) is 5.91 Å². The van der Waals surface area contributed by atoms with Crippen molar-refractivity contribution in [2.45, 2.75) is 56.5 Å². The van der Waals surface area contributed by atoms with Crippen LogP contribution in [0.25, 0.3) is 0 Å². The largest absolute Gasteiger partial charge is 0.481 e. The number of hydrogen-bond acceptors (Lipinski definition) is 9. The predicted octanol–water partition coefficient (Wildman–Crippen LogP) is 1.20. The van der Waals surface area contributed by atoms with Gasteiger partial charge in [0.25, 0.3) is 0 Å². The number of aliphatic carboxylic acids is 3. The number of hydrogen-bond donors (Lipinski definition) is 6. The molecular formula is C32H41FN2O11. The van der Waals surface area contributed by atoms with E-state index in [0.29, 0.717) is 26.1 Å². The van der Waals surface area contributed by atoms with E-state index >= 15 is 0 Å². The Labute approximate surface area is 265 Å². The molecule has 13 nitrogen and oxygen atoms in total.